The van der Waals surface area contributed by atoms with E-state index in [4.69, 9.17) is 33.2 Å². The van der Waals surface area contributed by atoms with Crippen LogP contribution in [0.4, 0.5) is 0 Å². The molecule has 0 heterocycles. The standard InChI is InChI=1S/C16H15Cl2NO2/c17-13-11(21-7-6-19)8-10-9-16(4-2-1-3-5-16)15(20)12(10)14(13)18/h8H,1-5,7,9H2. The predicted octanol–water partition coefficient (Wildman–Crippen LogP) is 4.59. The zero-order valence-electron chi connectivity index (χ0n) is 11.5. The van der Waals surface area contributed by atoms with Gasteiger partial charge in [-0.1, -0.05) is 42.5 Å². The fraction of sp³-hybridized carbons (Fsp3) is 0.500. The lowest BCUT2D eigenvalue weighted by Gasteiger charge is -2.31. The van der Waals surface area contributed by atoms with Crippen LogP contribution in [0.1, 0.15) is 48.0 Å². The Morgan fingerprint density at radius 3 is 2.62 bits per heavy atom. The topological polar surface area (TPSA) is 50.1 Å². The molecule has 0 saturated heterocycles. The van der Waals surface area contributed by atoms with Crippen molar-refractivity contribution in [3.63, 3.8) is 0 Å². The first kappa shape index (κ1) is 14.7. The number of benzene rings is 1. The van der Waals surface area contributed by atoms with Crippen molar-refractivity contribution in [1.82, 2.24) is 0 Å². The van der Waals surface area contributed by atoms with E-state index < -0.39 is 0 Å². The van der Waals surface area contributed by atoms with Crippen LogP contribution >= 0.6 is 23.2 Å². The lowest BCUT2D eigenvalue weighted by molar-refractivity contribution is 0.0748. The second-order valence-corrected chi connectivity index (χ2v) is 6.59. The number of carbonyl (C=O) groups excluding carboxylic acids is 1. The maximum atomic E-state index is 12.8. The van der Waals surface area contributed by atoms with Crippen LogP contribution in [0.2, 0.25) is 10.0 Å². The summed E-state index contributed by atoms with van der Waals surface area (Å²) in [7, 11) is 0. The molecule has 1 spiro atoms. The van der Waals surface area contributed by atoms with Gasteiger partial charge in [0.15, 0.2) is 12.4 Å². The van der Waals surface area contributed by atoms with Gasteiger partial charge in [0.05, 0.1) is 5.02 Å². The predicted molar refractivity (Wildman–Crippen MR) is 81.1 cm³/mol. The molecule has 21 heavy (non-hydrogen) atoms. The van der Waals surface area contributed by atoms with Gasteiger partial charge in [0, 0.05) is 11.0 Å². The maximum Gasteiger partial charge on any atom is 0.174 e. The van der Waals surface area contributed by atoms with Gasteiger partial charge in [-0.3, -0.25) is 4.79 Å². The number of fused-ring (bicyclic) bond motifs is 1. The summed E-state index contributed by atoms with van der Waals surface area (Å²) in [6.45, 7) is -0.0894. The molecule has 0 aliphatic heterocycles. The summed E-state index contributed by atoms with van der Waals surface area (Å²) in [5.74, 6) is 0.526. The van der Waals surface area contributed by atoms with Gasteiger partial charge < -0.3 is 4.74 Å². The van der Waals surface area contributed by atoms with E-state index in [2.05, 4.69) is 0 Å². The van der Waals surface area contributed by atoms with Crippen molar-refractivity contribution >= 4 is 29.0 Å². The second kappa shape index (κ2) is 5.51. The minimum Gasteiger partial charge on any atom is -0.477 e. The van der Waals surface area contributed by atoms with Crippen LogP contribution in [0, 0.1) is 16.7 Å². The van der Waals surface area contributed by atoms with Crippen molar-refractivity contribution in [3.05, 3.63) is 27.2 Å². The molecule has 3 rings (SSSR count). The Morgan fingerprint density at radius 2 is 1.95 bits per heavy atom. The highest BCUT2D eigenvalue weighted by Gasteiger charge is 2.47. The molecule has 3 nitrogen and oxygen atoms in total. The van der Waals surface area contributed by atoms with Crippen molar-refractivity contribution in [2.75, 3.05) is 6.61 Å². The van der Waals surface area contributed by atoms with Crippen molar-refractivity contribution in [3.8, 4) is 11.8 Å². The molecule has 0 radical (unpaired) electrons. The van der Waals surface area contributed by atoms with Gasteiger partial charge in [-0.05, 0) is 30.9 Å². The highest BCUT2D eigenvalue weighted by Crippen LogP contribution is 2.51. The molecule has 2 aliphatic carbocycles. The Bertz CT molecular complexity index is 643. The molecular formula is C16H15Cl2NO2. The first-order valence-corrected chi connectivity index (χ1v) is 7.90. The minimum atomic E-state index is -0.290. The summed E-state index contributed by atoms with van der Waals surface area (Å²) in [5, 5.41) is 9.12. The molecule has 5 heteroatoms. The molecule has 1 saturated carbocycles. The number of halogens is 2. The molecule has 0 unspecified atom stereocenters. The van der Waals surface area contributed by atoms with Crippen molar-refractivity contribution in [2.45, 2.75) is 38.5 Å². The molecule has 1 aromatic rings. The normalized spacial score (nSPS) is 19.4. The van der Waals surface area contributed by atoms with E-state index in [9.17, 15) is 4.79 Å². The number of hydrogen-bond acceptors (Lipinski definition) is 3. The van der Waals surface area contributed by atoms with E-state index >= 15 is 0 Å². The van der Waals surface area contributed by atoms with Crippen LogP contribution in [0.3, 0.4) is 0 Å². The minimum absolute atomic E-state index is 0.0894. The number of Topliss-reactive ketones (excluding diaryl/α,β-unsaturated/α-hetero) is 1. The van der Waals surface area contributed by atoms with E-state index in [0.29, 0.717) is 17.7 Å². The largest absolute Gasteiger partial charge is 0.477 e. The van der Waals surface area contributed by atoms with Crippen molar-refractivity contribution in [1.29, 1.82) is 5.26 Å². The number of ketones is 1. The van der Waals surface area contributed by atoms with Crippen molar-refractivity contribution in [2.24, 2.45) is 5.41 Å². The van der Waals surface area contributed by atoms with Gasteiger partial charge in [0.25, 0.3) is 0 Å². The van der Waals surface area contributed by atoms with Gasteiger partial charge in [-0.15, -0.1) is 0 Å². The lowest BCUT2D eigenvalue weighted by atomic mass is 9.71. The zero-order valence-corrected chi connectivity index (χ0v) is 13.1. The fourth-order valence-corrected chi connectivity index (χ4v) is 4.10. The number of carbonyl (C=O) groups is 1. The SMILES string of the molecule is N#CCOc1cc2c(c(Cl)c1Cl)C(=O)C1(CCCCC1)C2. The van der Waals surface area contributed by atoms with E-state index in [1.807, 2.05) is 6.07 Å². The van der Waals surface area contributed by atoms with Crippen LogP contribution in [0.15, 0.2) is 6.07 Å². The van der Waals surface area contributed by atoms with E-state index in [0.717, 1.165) is 31.2 Å². The third kappa shape index (κ3) is 2.31. The second-order valence-electron chi connectivity index (χ2n) is 5.83. The molecule has 110 valence electrons. The Balaban J connectivity index is 2.02. The van der Waals surface area contributed by atoms with Gasteiger partial charge in [0.2, 0.25) is 0 Å². The molecule has 0 amide bonds. The summed E-state index contributed by atoms with van der Waals surface area (Å²) >= 11 is 12.5. The quantitative estimate of drug-likeness (QED) is 0.800. The number of ether oxygens (including phenoxy) is 1. The highest BCUT2D eigenvalue weighted by molar-refractivity contribution is 6.45. The van der Waals surface area contributed by atoms with Crippen LogP contribution < -0.4 is 4.74 Å². The average Bonchev–Trinajstić information content (AvgIpc) is 2.75. The Hall–Kier alpha value is -1.24. The fourth-order valence-electron chi connectivity index (χ4n) is 3.60. The Morgan fingerprint density at radius 1 is 1.24 bits per heavy atom. The van der Waals surface area contributed by atoms with Gasteiger partial charge in [0.1, 0.15) is 16.8 Å². The first-order chi connectivity index (χ1) is 10.1. The third-order valence-electron chi connectivity index (χ3n) is 4.60. The van der Waals surface area contributed by atoms with E-state index in [1.54, 1.807) is 6.07 Å². The van der Waals surface area contributed by atoms with Crippen LogP contribution in [-0.2, 0) is 6.42 Å². The van der Waals surface area contributed by atoms with E-state index in [-0.39, 0.29) is 27.9 Å². The van der Waals surface area contributed by atoms with Crippen LogP contribution in [0.25, 0.3) is 0 Å². The number of hydrogen-bond donors (Lipinski definition) is 0. The maximum absolute atomic E-state index is 12.8. The highest BCUT2D eigenvalue weighted by atomic mass is 35.5. The third-order valence-corrected chi connectivity index (χ3v) is 5.45. The van der Waals surface area contributed by atoms with Crippen molar-refractivity contribution < 1.29 is 9.53 Å². The summed E-state index contributed by atoms with van der Waals surface area (Å²) in [6.07, 6.45) is 5.91. The number of nitriles is 1. The summed E-state index contributed by atoms with van der Waals surface area (Å²) < 4.78 is 5.31. The Kier molecular flexibility index (Phi) is 3.86. The van der Waals surface area contributed by atoms with Gasteiger partial charge >= 0.3 is 0 Å². The number of nitrogens with zero attached hydrogens (tertiary/aromatic N) is 1. The van der Waals surface area contributed by atoms with Gasteiger partial charge in [-0.2, -0.15) is 5.26 Å². The molecule has 2 aliphatic rings. The molecule has 1 fully saturated rings. The van der Waals surface area contributed by atoms with Crippen LogP contribution in [-0.4, -0.2) is 12.4 Å². The molecule has 0 N–H and O–H groups in total. The summed E-state index contributed by atoms with van der Waals surface area (Å²) in [5.41, 5.74) is 1.18. The molecule has 0 aromatic heterocycles. The average molecular weight is 324 g/mol. The molecular weight excluding hydrogens is 309 g/mol. The molecule has 0 atom stereocenters. The van der Waals surface area contributed by atoms with Gasteiger partial charge in [-0.25, -0.2) is 0 Å². The zero-order chi connectivity index (χ0) is 15.0. The molecule has 1 aromatic carbocycles. The smallest absolute Gasteiger partial charge is 0.174 e. The van der Waals surface area contributed by atoms with E-state index in [1.165, 1.54) is 6.42 Å². The Labute approximate surface area is 133 Å². The molecule has 0 bridgehead atoms. The number of rotatable bonds is 2. The lowest BCUT2D eigenvalue weighted by Crippen LogP contribution is -2.30. The first-order valence-electron chi connectivity index (χ1n) is 7.14. The monoisotopic (exact) mass is 323 g/mol. The summed E-state index contributed by atoms with van der Waals surface area (Å²) in [6, 6.07) is 3.69. The van der Waals surface area contributed by atoms with Crippen LogP contribution in [0.5, 0.6) is 5.75 Å². The summed E-state index contributed by atoms with van der Waals surface area (Å²) in [4.78, 5) is 12.8.